The number of amides is 2. The maximum absolute atomic E-state index is 11.6. The number of carbonyl (C=O) groups excluding carboxylic acids is 1. The van der Waals surface area contributed by atoms with Crippen LogP contribution < -0.4 is 10.6 Å². The van der Waals surface area contributed by atoms with Crippen molar-refractivity contribution >= 4 is 23.4 Å². The van der Waals surface area contributed by atoms with Crippen LogP contribution in [-0.4, -0.2) is 39.3 Å². The van der Waals surface area contributed by atoms with Crippen LogP contribution in [0.4, 0.5) is 16.2 Å². The van der Waals surface area contributed by atoms with Crippen LogP contribution in [-0.2, 0) is 4.79 Å². The second kappa shape index (κ2) is 6.66. The predicted octanol–water partition coefficient (Wildman–Crippen LogP) is 0.859. The highest BCUT2D eigenvalue weighted by atomic mass is 16.6. The van der Waals surface area contributed by atoms with Crippen LogP contribution in [0.2, 0.25) is 0 Å². The Morgan fingerprint density at radius 1 is 1.38 bits per heavy atom. The molecule has 9 nitrogen and oxygen atoms in total. The van der Waals surface area contributed by atoms with Gasteiger partial charge < -0.3 is 20.8 Å². The molecular formula is C12H15N3O6. The smallest absolute Gasteiger partial charge is 0.328 e. The van der Waals surface area contributed by atoms with Gasteiger partial charge in [0.2, 0.25) is 0 Å². The molecule has 0 saturated carbocycles. The molecule has 0 spiro atoms. The highest BCUT2D eigenvalue weighted by molar-refractivity contribution is 5.92. The lowest BCUT2D eigenvalue weighted by Gasteiger charge is -2.17. The Balaban J connectivity index is 2.77. The van der Waals surface area contributed by atoms with Gasteiger partial charge in [-0.25, -0.2) is 9.59 Å². The molecule has 1 aromatic carbocycles. The number of carbonyl (C=O) groups is 2. The molecule has 114 valence electrons. The summed E-state index contributed by atoms with van der Waals surface area (Å²) < 4.78 is 0. The molecule has 21 heavy (non-hydrogen) atoms. The minimum absolute atomic E-state index is 0.0895. The zero-order valence-electron chi connectivity index (χ0n) is 11.4. The number of urea groups is 1. The van der Waals surface area contributed by atoms with Crippen molar-refractivity contribution in [3.05, 3.63) is 33.9 Å². The lowest BCUT2D eigenvalue weighted by Crippen LogP contribution is -2.49. The Kier molecular flexibility index (Phi) is 5.19. The molecule has 4 N–H and O–H groups in total. The van der Waals surface area contributed by atoms with Crippen molar-refractivity contribution < 1.29 is 24.7 Å². The Hall–Kier alpha value is -2.68. The number of carboxylic acid groups (broad SMARTS) is 1. The van der Waals surface area contributed by atoms with Gasteiger partial charge in [0.05, 0.1) is 11.0 Å². The third kappa shape index (κ3) is 4.42. The van der Waals surface area contributed by atoms with Crippen molar-refractivity contribution in [1.29, 1.82) is 0 Å². The number of benzene rings is 1. The van der Waals surface area contributed by atoms with E-state index in [1.807, 2.05) is 0 Å². The first kappa shape index (κ1) is 16.4. The van der Waals surface area contributed by atoms with Gasteiger partial charge in [0, 0.05) is 17.3 Å². The van der Waals surface area contributed by atoms with E-state index in [1.54, 1.807) is 0 Å². The average Bonchev–Trinajstić information content (AvgIpc) is 2.34. The van der Waals surface area contributed by atoms with Crippen LogP contribution in [0.1, 0.15) is 12.5 Å². The Labute approximate surface area is 119 Å². The molecule has 9 heteroatoms. The maximum Gasteiger partial charge on any atom is 0.328 e. The number of nitro benzene ring substituents is 1. The monoisotopic (exact) mass is 297 g/mol. The number of aliphatic hydroxyl groups excluding tert-OH is 1. The molecule has 2 amide bonds. The first-order chi connectivity index (χ1) is 9.72. The molecular weight excluding hydrogens is 282 g/mol. The van der Waals surface area contributed by atoms with Gasteiger partial charge in [0.25, 0.3) is 5.69 Å². The van der Waals surface area contributed by atoms with Crippen molar-refractivity contribution in [2.75, 3.05) is 5.32 Å². The molecule has 0 radical (unpaired) electrons. The topological polar surface area (TPSA) is 142 Å². The van der Waals surface area contributed by atoms with Crippen LogP contribution in [0.3, 0.4) is 0 Å². The number of nitrogens with zero attached hydrogens (tertiary/aromatic N) is 1. The standard InChI is InChI=1S/C12H15N3O6/c1-6-5-8(3-4-9(6)15(20)21)13-12(19)14-10(7(2)16)11(17)18/h3-5,7,10,16H,1-2H3,(H,17,18)(H2,13,14,19). The van der Waals surface area contributed by atoms with Crippen molar-refractivity contribution in [2.24, 2.45) is 0 Å². The van der Waals surface area contributed by atoms with Crippen molar-refractivity contribution in [1.82, 2.24) is 5.32 Å². The molecule has 0 heterocycles. The molecule has 0 saturated heterocycles. The summed E-state index contributed by atoms with van der Waals surface area (Å²) in [5.74, 6) is -1.37. The summed E-state index contributed by atoms with van der Waals surface area (Å²) >= 11 is 0. The minimum atomic E-state index is -1.45. The van der Waals surface area contributed by atoms with Gasteiger partial charge in [-0.05, 0) is 26.0 Å². The number of rotatable bonds is 5. The normalized spacial score (nSPS) is 13.1. The fraction of sp³-hybridized carbons (Fsp3) is 0.333. The Morgan fingerprint density at radius 3 is 2.43 bits per heavy atom. The zero-order chi connectivity index (χ0) is 16.2. The fourth-order valence-corrected chi connectivity index (χ4v) is 1.64. The van der Waals surface area contributed by atoms with E-state index in [-0.39, 0.29) is 11.4 Å². The van der Waals surface area contributed by atoms with E-state index in [9.17, 15) is 24.8 Å². The molecule has 0 aliphatic heterocycles. The maximum atomic E-state index is 11.6. The number of hydrogen-bond acceptors (Lipinski definition) is 5. The second-order valence-corrected chi connectivity index (χ2v) is 4.41. The van der Waals surface area contributed by atoms with Crippen molar-refractivity contribution in [3.8, 4) is 0 Å². The summed E-state index contributed by atoms with van der Waals surface area (Å²) in [5, 5.41) is 33.2. The molecule has 1 rings (SSSR count). The van der Waals surface area contributed by atoms with E-state index >= 15 is 0 Å². The van der Waals surface area contributed by atoms with Crippen LogP contribution in [0.15, 0.2) is 18.2 Å². The second-order valence-electron chi connectivity index (χ2n) is 4.41. The van der Waals surface area contributed by atoms with Gasteiger partial charge in [0.15, 0.2) is 6.04 Å². The van der Waals surface area contributed by atoms with Gasteiger partial charge in [-0.2, -0.15) is 0 Å². The highest BCUT2D eigenvalue weighted by Gasteiger charge is 2.25. The van der Waals surface area contributed by atoms with Gasteiger partial charge >= 0.3 is 12.0 Å². The summed E-state index contributed by atoms with van der Waals surface area (Å²) in [6.07, 6.45) is -1.27. The molecule has 0 fully saturated rings. The SMILES string of the molecule is Cc1cc(NC(=O)NC(C(=O)O)C(C)O)ccc1[N+](=O)[O-]. The summed E-state index contributed by atoms with van der Waals surface area (Å²) in [4.78, 5) is 32.6. The van der Waals surface area contributed by atoms with E-state index < -0.39 is 29.1 Å². The first-order valence-electron chi connectivity index (χ1n) is 5.95. The largest absolute Gasteiger partial charge is 0.480 e. The fourth-order valence-electron chi connectivity index (χ4n) is 1.64. The number of hydrogen-bond donors (Lipinski definition) is 4. The van der Waals surface area contributed by atoms with E-state index in [1.165, 1.54) is 32.0 Å². The third-order valence-electron chi connectivity index (χ3n) is 2.69. The van der Waals surface area contributed by atoms with Crippen molar-refractivity contribution in [2.45, 2.75) is 26.0 Å². The molecule has 0 aliphatic carbocycles. The Morgan fingerprint density at radius 2 is 2.00 bits per heavy atom. The van der Waals surface area contributed by atoms with Gasteiger partial charge in [-0.15, -0.1) is 0 Å². The highest BCUT2D eigenvalue weighted by Crippen LogP contribution is 2.21. The summed E-state index contributed by atoms with van der Waals surface area (Å²) in [6, 6.07) is 1.65. The number of aliphatic hydroxyl groups is 1. The molecule has 2 atom stereocenters. The zero-order valence-corrected chi connectivity index (χ0v) is 11.4. The predicted molar refractivity (Wildman–Crippen MR) is 73.1 cm³/mol. The molecule has 0 aromatic heterocycles. The lowest BCUT2D eigenvalue weighted by atomic mass is 10.2. The molecule has 1 aromatic rings. The number of nitrogens with one attached hydrogen (secondary N) is 2. The van der Waals surface area contributed by atoms with Crippen LogP contribution in [0.25, 0.3) is 0 Å². The van der Waals surface area contributed by atoms with E-state index in [0.717, 1.165) is 0 Å². The summed E-state index contributed by atoms with van der Waals surface area (Å²) in [5.41, 5.74) is 0.529. The van der Waals surface area contributed by atoms with E-state index in [0.29, 0.717) is 5.56 Å². The summed E-state index contributed by atoms with van der Waals surface area (Å²) in [6.45, 7) is 2.74. The average molecular weight is 297 g/mol. The lowest BCUT2D eigenvalue weighted by molar-refractivity contribution is -0.385. The molecule has 0 bridgehead atoms. The van der Waals surface area contributed by atoms with Crippen molar-refractivity contribution in [3.63, 3.8) is 0 Å². The van der Waals surface area contributed by atoms with Crippen LogP contribution in [0.5, 0.6) is 0 Å². The number of anilines is 1. The summed E-state index contributed by atoms with van der Waals surface area (Å²) in [7, 11) is 0. The van der Waals surface area contributed by atoms with E-state index in [4.69, 9.17) is 5.11 Å². The van der Waals surface area contributed by atoms with Gasteiger partial charge in [-0.1, -0.05) is 0 Å². The first-order valence-corrected chi connectivity index (χ1v) is 5.95. The number of aryl methyl sites for hydroxylation is 1. The van der Waals surface area contributed by atoms with Crippen LogP contribution in [0, 0.1) is 17.0 Å². The molecule has 0 aliphatic rings. The van der Waals surface area contributed by atoms with Gasteiger partial charge in [0.1, 0.15) is 0 Å². The number of carboxylic acids is 1. The third-order valence-corrected chi connectivity index (χ3v) is 2.69. The molecule has 2 unspecified atom stereocenters. The van der Waals surface area contributed by atoms with E-state index in [2.05, 4.69) is 10.6 Å². The number of aliphatic carboxylic acids is 1. The quantitative estimate of drug-likeness (QED) is 0.469. The van der Waals surface area contributed by atoms with Gasteiger partial charge in [-0.3, -0.25) is 10.1 Å². The van der Waals surface area contributed by atoms with Crippen LogP contribution >= 0.6 is 0 Å². The Bertz CT molecular complexity index is 572. The number of nitro groups is 1. The minimum Gasteiger partial charge on any atom is -0.480 e.